The molecule has 0 aliphatic carbocycles. The van der Waals surface area contributed by atoms with E-state index in [1.807, 2.05) is 55.1 Å². The molecule has 0 spiro atoms. The summed E-state index contributed by atoms with van der Waals surface area (Å²) in [5.74, 6) is -0.0223. The summed E-state index contributed by atoms with van der Waals surface area (Å²) in [7, 11) is 0.477. The van der Waals surface area contributed by atoms with Crippen molar-refractivity contribution >= 4 is 21.6 Å². The highest BCUT2D eigenvalue weighted by atomic mass is 32.2. The number of sulfonamides is 1. The van der Waals surface area contributed by atoms with Gasteiger partial charge in [-0.05, 0) is 39.1 Å². The van der Waals surface area contributed by atoms with Crippen LogP contribution in [0.2, 0.25) is 0 Å². The number of carbonyl (C=O) groups excluding carboxylic acids is 1. The fourth-order valence-electron chi connectivity index (χ4n) is 3.04. The van der Waals surface area contributed by atoms with E-state index < -0.39 is 10.0 Å². The van der Waals surface area contributed by atoms with Crippen LogP contribution in [0.3, 0.4) is 0 Å². The molecule has 0 radical (unpaired) electrons. The highest BCUT2D eigenvalue weighted by molar-refractivity contribution is 7.88. The molecule has 0 aromatic heterocycles. The Labute approximate surface area is 145 Å². The van der Waals surface area contributed by atoms with Gasteiger partial charge in [0, 0.05) is 37.8 Å². The van der Waals surface area contributed by atoms with Crippen LogP contribution in [-0.4, -0.2) is 69.6 Å². The second-order valence-electron chi connectivity index (χ2n) is 6.66. The molecule has 1 unspecified atom stereocenters. The van der Waals surface area contributed by atoms with Gasteiger partial charge in [-0.3, -0.25) is 4.79 Å². The maximum absolute atomic E-state index is 12.7. The van der Waals surface area contributed by atoms with Gasteiger partial charge in [0.05, 0.1) is 6.26 Å². The maximum atomic E-state index is 12.7. The Morgan fingerprint density at radius 2 is 1.88 bits per heavy atom. The molecule has 1 heterocycles. The molecule has 24 heavy (non-hydrogen) atoms. The number of carbonyl (C=O) groups is 1. The van der Waals surface area contributed by atoms with Crippen LogP contribution in [-0.2, 0) is 21.2 Å². The lowest BCUT2D eigenvalue weighted by molar-refractivity contribution is -0.119. The molecule has 0 bridgehead atoms. The molecule has 1 aromatic rings. The Morgan fingerprint density at radius 1 is 1.21 bits per heavy atom. The highest BCUT2D eigenvalue weighted by Crippen LogP contribution is 2.32. The number of fused-ring (bicyclic) bond motifs is 1. The zero-order chi connectivity index (χ0) is 17.9. The normalized spacial score (nSPS) is 17.6. The molecular weight excluding hydrogens is 326 g/mol. The molecule has 1 aromatic carbocycles. The topological polar surface area (TPSA) is 60.9 Å². The summed E-state index contributed by atoms with van der Waals surface area (Å²) in [6.07, 6.45) is 2.23. The summed E-state index contributed by atoms with van der Waals surface area (Å²) in [6.45, 7) is 3.27. The summed E-state index contributed by atoms with van der Waals surface area (Å²) in [6, 6.07) is 8.02. The minimum atomic E-state index is -3.32. The summed E-state index contributed by atoms with van der Waals surface area (Å²) in [4.78, 5) is 16.4. The largest absolute Gasteiger partial charge is 0.309 e. The van der Waals surface area contributed by atoms with Crippen LogP contribution in [0.25, 0.3) is 0 Å². The van der Waals surface area contributed by atoms with Crippen molar-refractivity contribution in [2.45, 2.75) is 25.8 Å². The molecule has 0 N–H and O–H groups in total. The number of rotatable bonds is 7. The van der Waals surface area contributed by atoms with Gasteiger partial charge in [-0.15, -0.1) is 0 Å². The lowest BCUT2D eigenvalue weighted by atomic mass is 10.1. The van der Waals surface area contributed by atoms with Gasteiger partial charge in [0.25, 0.3) is 0 Å². The van der Waals surface area contributed by atoms with E-state index in [1.165, 1.54) is 16.1 Å². The summed E-state index contributed by atoms with van der Waals surface area (Å²) in [5.41, 5.74) is 2.13. The third kappa shape index (κ3) is 4.55. The summed E-state index contributed by atoms with van der Waals surface area (Å²) >= 11 is 0. The molecule has 1 amide bonds. The number of likely N-dealkylation sites (N-methyl/N-ethyl adjacent to an activating group) is 1. The van der Waals surface area contributed by atoms with Crippen molar-refractivity contribution in [2.75, 3.05) is 44.9 Å². The first kappa shape index (κ1) is 18.9. The average molecular weight is 353 g/mol. The highest BCUT2D eigenvalue weighted by Gasteiger charge is 2.30. The average Bonchev–Trinajstić information content (AvgIpc) is 2.81. The molecule has 1 aliphatic rings. The first-order valence-corrected chi connectivity index (χ1v) is 10.0. The molecule has 0 saturated heterocycles. The van der Waals surface area contributed by atoms with Crippen molar-refractivity contribution in [1.29, 1.82) is 0 Å². The number of para-hydroxylation sites is 1. The minimum absolute atomic E-state index is 0.0223. The monoisotopic (exact) mass is 353 g/mol. The van der Waals surface area contributed by atoms with E-state index in [1.54, 1.807) is 0 Å². The zero-order valence-electron chi connectivity index (χ0n) is 14.9. The summed E-state index contributed by atoms with van der Waals surface area (Å²) in [5, 5.41) is 0. The lowest BCUT2D eigenvalue weighted by Gasteiger charge is -2.25. The molecule has 0 saturated carbocycles. The molecule has 134 valence electrons. The Bertz CT molecular complexity index is 688. The van der Waals surface area contributed by atoms with Crippen LogP contribution < -0.4 is 4.90 Å². The first-order chi connectivity index (χ1) is 11.2. The van der Waals surface area contributed by atoms with Crippen molar-refractivity contribution < 1.29 is 13.2 Å². The van der Waals surface area contributed by atoms with Crippen LogP contribution in [0.15, 0.2) is 24.3 Å². The smallest absolute Gasteiger partial charge is 0.228 e. The van der Waals surface area contributed by atoms with E-state index in [2.05, 4.69) is 0 Å². The zero-order valence-corrected chi connectivity index (χ0v) is 15.7. The van der Waals surface area contributed by atoms with Gasteiger partial charge in [0.15, 0.2) is 0 Å². The Hall–Kier alpha value is -1.44. The van der Waals surface area contributed by atoms with E-state index in [-0.39, 0.29) is 24.9 Å². The van der Waals surface area contributed by atoms with Gasteiger partial charge in [-0.25, -0.2) is 12.7 Å². The number of hydrogen-bond donors (Lipinski definition) is 0. The van der Waals surface area contributed by atoms with Crippen LogP contribution >= 0.6 is 0 Å². The predicted molar refractivity (Wildman–Crippen MR) is 96.7 cm³/mol. The quantitative estimate of drug-likeness (QED) is 0.738. The van der Waals surface area contributed by atoms with Crippen molar-refractivity contribution in [3.8, 4) is 0 Å². The fourth-order valence-corrected chi connectivity index (χ4v) is 3.88. The molecule has 2 rings (SSSR count). The molecular formula is C17H27N3O3S. The fraction of sp³-hybridized carbons (Fsp3) is 0.588. The Morgan fingerprint density at radius 3 is 2.50 bits per heavy atom. The van der Waals surface area contributed by atoms with Crippen LogP contribution in [0.1, 0.15) is 18.9 Å². The van der Waals surface area contributed by atoms with Gasteiger partial charge in [0.1, 0.15) is 0 Å². The van der Waals surface area contributed by atoms with E-state index in [9.17, 15) is 13.2 Å². The number of hydrogen-bond acceptors (Lipinski definition) is 4. The van der Waals surface area contributed by atoms with Gasteiger partial charge in [-0.2, -0.15) is 0 Å². The second-order valence-corrected chi connectivity index (χ2v) is 8.64. The van der Waals surface area contributed by atoms with Crippen LogP contribution in [0.5, 0.6) is 0 Å². The number of nitrogens with zero attached hydrogens (tertiary/aromatic N) is 3. The molecule has 0 fully saturated rings. The van der Waals surface area contributed by atoms with Gasteiger partial charge in [-0.1, -0.05) is 18.2 Å². The second kappa shape index (κ2) is 7.63. The van der Waals surface area contributed by atoms with E-state index in [4.69, 9.17) is 0 Å². The van der Waals surface area contributed by atoms with E-state index in [0.29, 0.717) is 13.1 Å². The third-order valence-corrected chi connectivity index (χ3v) is 5.62. The standard InChI is InChI=1S/C17H27N3O3S/c1-14-13-15-7-5-6-8-16(15)20(14)17(21)9-10-19(24(4,22)23)12-11-18(2)3/h5-8,14H,9-13H2,1-4H3. The molecule has 1 aliphatic heterocycles. The van der Waals surface area contributed by atoms with Crippen molar-refractivity contribution in [3.63, 3.8) is 0 Å². The number of anilines is 1. The Kier molecular flexibility index (Phi) is 6.01. The third-order valence-electron chi connectivity index (χ3n) is 4.32. The SMILES string of the molecule is CC1Cc2ccccc2N1C(=O)CCN(CCN(C)C)S(C)(=O)=O. The lowest BCUT2D eigenvalue weighted by Crippen LogP contribution is -2.41. The van der Waals surface area contributed by atoms with Gasteiger partial charge >= 0.3 is 0 Å². The predicted octanol–water partition coefficient (Wildman–Crippen LogP) is 1.18. The summed E-state index contributed by atoms with van der Waals surface area (Å²) < 4.78 is 25.2. The van der Waals surface area contributed by atoms with Gasteiger partial charge < -0.3 is 9.80 Å². The van der Waals surface area contributed by atoms with Gasteiger partial charge in [0.2, 0.25) is 15.9 Å². The van der Waals surface area contributed by atoms with Crippen molar-refractivity contribution in [2.24, 2.45) is 0 Å². The van der Waals surface area contributed by atoms with Crippen LogP contribution in [0, 0.1) is 0 Å². The van der Waals surface area contributed by atoms with Crippen LogP contribution in [0.4, 0.5) is 5.69 Å². The van der Waals surface area contributed by atoms with Crippen molar-refractivity contribution in [1.82, 2.24) is 9.21 Å². The first-order valence-electron chi connectivity index (χ1n) is 8.20. The Balaban J connectivity index is 2.03. The van der Waals surface area contributed by atoms with E-state index in [0.717, 1.165) is 12.1 Å². The van der Waals surface area contributed by atoms with E-state index >= 15 is 0 Å². The van der Waals surface area contributed by atoms with Crippen molar-refractivity contribution in [3.05, 3.63) is 29.8 Å². The maximum Gasteiger partial charge on any atom is 0.228 e. The number of amides is 1. The molecule has 7 heteroatoms. The molecule has 1 atom stereocenters. The number of benzene rings is 1. The molecule has 6 nitrogen and oxygen atoms in total. The minimum Gasteiger partial charge on any atom is -0.309 e.